The van der Waals surface area contributed by atoms with Gasteiger partial charge in [0.05, 0.1) is 12.0 Å². The van der Waals surface area contributed by atoms with Gasteiger partial charge in [-0.05, 0) is 56.5 Å². The van der Waals surface area contributed by atoms with Crippen molar-refractivity contribution < 1.29 is 17.9 Å². The van der Waals surface area contributed by atoms with Crippen molar-refractivity contribution in [3.8, 4) is 5.75 Å². The van der Waals surface area contributed by atoms with E-state index in [-0.39, 0.29) is 19.0 Å². The zero-order valence-corrected chi connectivity index (χ0v) is 18.5. The highest BCUT2D eigenvalue weighted by Crippen LogP contribution is 2.26. The summed E-state index contributed by atoms with van der Waals surface area (Å²) in [5.41, 5.74) is 4.07. The van der Waals surface area contributed by atoms with Gasteiger partial charge in [0.15, 0.2) is 0 Å². The molecule has 1 amide bonds. The maximum Gasteiger partial charge on any atom is 0.254 e. The van der Waals surface area contributed by atoms with Gasteiger partial charge in [-0.2, -0.15) is 4.31 Å². The molecule has 29 heavy (non-hydrogen) atoms. The number of hydrogen-bond acceptors (Lipinski definition) is 4. The van der Waals surface area contributed by atoms with E-state index in [1.165, 1.54) is 4.31 Å². The number of hydrogen-bond donors (Lipinski definition) is 0. The average Bonchev–Trinajstić information content (AvgIpc) is 2.67. The van der Waals surface area contributed by atoms with E-state index in [2.05, 4.69) is 0 Å². The van der Waals surface area contributed by atoms with E-state index in [1.807, 2.05) is 45.9 Å². The lowest BCUT2D eigenvalue weighted by Crippen LogP contribution is -2.50. The van der Waals surface area contributed by atoms with Crippen molar-refractivity contribution in [1.29, 1.82) is 0 Å². The van der Waals surface area contributed by atoms with E-state index in [0.29, 0.717) is 29.3 Å². The molecule has 0 N–H and O–H groups in total. The van der Waals surface area contributed by atoms with Crippen molar-refractivity contribution in [1.82, 2.24) is 9.21 Å². The van der Waals surface area contributed by atoms with Gasteiger partial charge in [-0.3, -0.25) is 4.79 Å². The fraction of sp³-hybridized carbons (Fsp3) is 0.409. The van der Waals surface area contributed by atoms with Crippen molar-refractivity contribution in [3.63, 3.8) is 0 Å². The Hall–Kier alpha value is -2.38. The smallest absolute Gasteiger partial charge is 0.254 e. The van der Waals surface area contributed by atoms with Crippen LogP contribution in [0.1, 0.15) is 32.6 Å². The first-order valence-corrected chi connectivity index (χ1v) is 11.1. The number of rotatable bonds is 4. The molecule has 0 bridgehead atoms. The number of piperazine rings is 1. The monoisotopic (exact) mass is 416 g/mol. The summed E-state index contributed by atoms with van der Waals surface area (Å²) >= 11 is 0. The number of methoxy groups -OCH3 is 1. The highest BCUT2D eigenvalue weighted by atomic mass is 32.2. The molecule has 0 aliphatic carbocycles. The van der Waals surface area contributed by atoms with Crippen molar-refractivity contribution in [2.45, 2.75) is 32.6 Å². The zero-order valence-electron chi connectivity index (χ0n) is 17.7. The number of aryl methyl sites for hydroxylation is 4. The summed E-state index contributed by atoms with van der Waals surface area (Å²) in [6.45, 7) is 8.82. The predicted octanol–water partition coefficient (Wildman–Crippen LogP) is 3.08. The second-order valence-corrected chi connectivity index (χ2v) is 9.48. The van der Waals surface area contributed by atoms with Crippen LogP contribution >= 0.6 is 0 Å². The molecule has 0 unspecified atom stereocenters. The molecule has 3 rings (SSSR count). The highest BCUT2D eigenvalue weighted by molar-refractivity contribution is 7.89. The first-order chi connectivity index (χ1) is 13.6. The lowest BCUT2D eigenvalue weighted by Gasteiger charge is -2.34. The van der Waals surface area contributed by atoms with E-state index in [4.69, 9.17) is 4.74 Å². The molecular formula is C22H28N2O4S. The Morgan fingerprint density at radius 3 is 2.03 bits per heavy atom. The third-order valence-corrected chi connectivity index (χ3v) is 7.59. The molecule has 0 spiro atoms. The van der Waals surface area contributed by atoms with Crippen LogP contribution in [0, 0.1) is 27.7 Å². The highest BCUT2D eigenvalue weighted by Gasteiger charge is 2.32. The van der Waals surface area contributed by atoms with Gasteiger partial charge in [0, 0.05) is 31.7 Å². The number of carbonyl (C=O) groups excluding carboxylic acids is 1. The van der Waals surface area contributed by atoms with Gasteiger partial charge in [0.2, 0.25) is 10.0 Å². The summed E-state index contributed by atoms with van der Waals surface area (Å²) in [5, 5.41) is 0. The van der Waals surface area contributed by atoms with E-state index in [1.54, 1.807) is 24.1 Å². The van der Waals surface area contributed by atoms with Crippen molar-refractivity contribution in [3.05, 3.63) is 58.1 Å². The molecule has 1 aliphatic heterocycles. The normalized spacial score (nSPS) is 15.4. The van der Waals surface area contributed by atoms with E-state index in [0.717, 1.165) is 22.3 Å². The molecule has 1 saturated heterocycles. The van der Waals surface area contributed by atoms with Crippen molar-refractivity contribution in [2.75, 3.05) is 33.3 Å². The van der Waals surface area contributed by atoms with Gasteiger partial charge in [-0.15, -0.1) is 0 Å². The molecule has 0 saturated carbocycles. The summed E-state index contributed by atoms with van der Waals surface area (Å²) in [5.74, 6) is 0.561. The maximum absolute atomic E-state index is 13.2. The molecule has 0 atom stereocenters. The molecule has 2 aromatic rings. The minimum Gasteiger partial charge on any atom is -0.496 e. The molecule has 6 nitrogen and oxygen atoms in total. The Morgan fingerprint density at radius 1 is 0.897 bits per heavy atom. The van der Waals surface area contributed by atoms with Crippen molar-refractivity contribution >= 4 is 15.9 Å². The van der Waals surface area contributed by atoms with Gasteiger partial charge >= 0.3 is 0 Å². The number of nitrogens with zero attached hydrogens (tertiary/aromatic N) is 2. The minimum absolute atomic E-state index is 0.108. The quantitative estimate of drug-likeness (QED) is 0.768. The van der Waals surface area contributed by atoms with Gasteiger partial charge in [0.25, 0.3) is 5.91 Å². The Balaban J connectivity index is 1.76. The molecule has 156 valence electrons. The lowest BCUT2D eigenvalue weighted by atomic mass is 10.1. The number of sulfonamides is 1. The Labute approximate surface area is 173 Å². The second kappa shape index (κ2) is 8.16. The van der Waals surface area contributed by atoms with Crippen LogP contribution in [0.5, 0.6) is 5.75 Å². The first-order valence-electron chi connectivity index (χ1n) is 9.67. The standard InChI is InChI=1S/C22H28N2O4S/c1-15-12-17(3)21(18(4)13-15)29(26,27)24-10-8-23(9-11-24)22(25)19-7-6-16(2)20(14-19)28-5/h6-7,12-14H,8-11H2,1-5H3. The van der Waals surface area contributed by atoms with Crippen LogP contribution in [0.4, 0.5) is 0 Å². The molecule has 1 heterocycles. The number of carbonyl (C=O) groups is 1. The molecule has 2 aromatic carbocycles. The van der Waals surface area contributed by atoms with Gasteiger partial charge in [-0.1, -0.05) is 23.8 Å². The van der Waals surface area contributed by atoms with Crippen LogP contribution in [0.2, 0.25) is 0 Å². The summed E-state index contributed by atoms with van der Waals surface area (Å²) < 4.78 is 33.2. The second-order valence-electron chi connectivity index (χ2n) is 7.61. The van der Waals surface area contributed by atoms with Crippen LogP contribution in [-0.2, 0) is 10.0 Å². The van der Waals surface area contributed by atoms with E-state index < -0.39 is 10.0 Å². The number of amides is 1. The maximum atomic E-state index is 13.2. The SMILES string of the molecule is COc1cc(C(=O)N2CCN(S(=O)(=O)c3c(C)cc(C)cc3C)CC2)ccc1C. The summed E-state index contributed by atoms with van der Waals surface area (Å²) in [6, 6.07) is 9.16. The Kier molecular flexibility index (Phi) is 6.00. The Bertz CT molecular complexity index is 1020. The fourth-order valence-corrected chi connectivity index (χ4v) is 5.80. The lowest BCUT2D eigenvalue weighted by molar-refractivity contribution is 0.0697. The van der Waals surface area contributed by atoms with Gasteiger partial charge in [-0.25, -0.2) is 8.42 Å². The van der Waals surface area contributed by atoms with Crippen LogP contribution in [0.3, 0.4) is 0 Å². The van der Waals surface area contributed by atoms with Crippen molar-refractivity contribution in [2.24, 2.45) is 0 Å². The van der Waals surface area contributed by atoms with Crippen LogP contribution in [0.25, 0.3) is 0 Å². The summed E-state index contributed by atoms with van der Waals surface area (Å²) in [6.07, 6.45) is 0. The minimum atomic E-state index is -3.59. The van der Waals surface area contributed by atoms with E-state index >= 15 is 0 Å². The third kappa shape index (κ3) is 4.16. The molecule has 1 aliphatic rings. The summed E-state index contributed by atoms with van der Waals surface area (Å²) in [4.78, 5) is 14.9. The van der Waals surface area contributed by atoms with Crippen LogP contribution in [0.15, 0.2) is 35.2 Å². The molecule has 1 fully saturated rings. The van der Waals surface area contributed by atoms with Gasteiger partial charge in [0.1, 0.15) is 5.75 Å². The van der Waals surface area contributed by atoms with Crippen LogP contribution < -0.4 is 4.74 Å². The fourth-order valence-electron chi connectivity index (χ4n) is 3.97. The van der Waals surface area contributed by atoms with E-state index in [9.17, 15) is 13.2 Å². The summed E-state index contributed by atoms with van der Waals surface area (Å²) in [7, 11) is -2.02. The molecular weight excluding hydrogens is 388 g/mol. The zero-order chi connectivity index (χ0) is 21.3. The third-order valence-electron chi connectivity index (χ3n) is 5.38. The largest absolute Gasteiger partial charge is 0.496 e. The molecule has 0 aromatic heterocycles. The first kappa shape index (κ1) is 21.3. The van der Waals surface area contributed by atoms with Crippen LogP contribution in [-0.4, -0.2) is 56.8 Å². The number of ether oxygens (including phenoxy) is 1. The number of benzene rings is 2. The van der Waals surface area contributed by atoms with Gasteiger partial charge < -0.3 is 9.64 Å². The predicted molar refractivity (Wildman–Crippen MR) is 113 cm³/mol. The molecule has 7 heteroatoms. The average molecular weight is 417 g/mol. The molecule has 0 radical (unpaired) electrons. The Morgan fingerprint density at radius 2 is 1.48 bits per heavy atom. The topological polar surface area (TPSA) is 66.9 Å².